The first-order chi connectivity index (χ1) is 12.8. The van der Waals surface area contributed by atoms with Crippen LogP contribution in [-0.4, -0.2) is 46.4 Å². The maximum absolute atomic E-state index is 9.51. The summed E-state index contributed by atoms with van der Waals surface area (Å²) in [5.74, 6) is -0.640. The standard InChI is InChI=1S/C22H35NO4/c1-6-21(7-2)16-22(25-14-19(13-24)26-22)15-20(4,5)23(21)27-17(3)18-11-9-8-10-12-18/h8-12,17,19,24H,6-7,13-16H2,1-5H3. The molecule has 0 amide bonds. The van der Waals surface area contributed by atoms with Crippen molar-refractivity contribution in [3.8, 4) is 0 Å². The van der Waals surface area contributed by atoms with Crippen molar-refractivity contribution in [2.24, 2.45) is 0 Å². The predicted octanol–water partition coefficient (Wildman–Crippen LogP) is 4.22. The van der Waals surface area contributed by atoms with Crippen LogP contribution < -0.4 is 0 Å². The zero-order valence-corrected chi connectivity index (χ0v) is 17.4. The zero-order valence-electron chi connectivity index (χ0n) is 17.4. The second kappa shape index (κ2) is 7.80. The maximum atomic E-state index is 9.51. The summed E-state index contributed by atoms with van der Waals surface area (Å²) in [7, 11) is 0. The van der Waals surface area contributed by atoms with E-state index in [1.54, 1.807) is 0 Å². The maximum Gasteiger partial charge on any atom is 0.172 e. The number of hydrogen-bond donors (Lipinski definition) is 1. The van der Waals surface area contributed by atoms with Crippen LogP contribution in [0.3, 0.4) is 0 Å². The lowest BCUT2D eigenvalue weighted by atomic mass is 9.73. The molecule has 1 N–H and O–H groups in total. The zero-order chi connectivity index (χ0) is 19.7. The second-order valence-corrected chi connectivity index (χ2v) is 8.69. The summed E-state index contributed by atoms with van der Waals surface area (Å²) < 4.78 is 12.4. The van der Waals surface area contributed by atoms with Crippen LogP contribution in [-0.2, 0) is 14.3 Å². The smallest absolute Gasteiger partial charge is 0.172 e. The van der Waals surface area contributed by atoms with E-state index >= 15 is 0 Å². The molecule has 0 radical (unpaired) electrons. The van der Waals surface area contributed by atoms with Gasteiger partial charge in [-0.05, 0) is 39.2 Å². The van der Waals surface area contributed by atoms with E-state index in [-0.39, 0.29) is 29.9 Å². The van der Waals surface area contributed by atoms with E-state index in [9.17, 15) is 5.11 Å². The highest BCUT2D eigenvalue weighted by Gasteiger charge is 2.59. The number of hydrogen-bond acceptors (Lipinski definition) is 5. The minimum absolute atomic E-state index is 0.00131. The molecule has 0 aromatic heterocycles. The van der Waals surface area contributed by atoms with Gasteiger partial charge in [0.25, 0.3) is 0 Å². The lowest BCUT2D eigenvalue weighted by Crippen LogP contribution is -2.67. The number of hydroxylamine groups is 2. The van der Waals surface area contributed by atoms with E-state index in [2.05, 4.69) is 51.8 Å². The van der Waals surface area contributed by atoms with Gasteiger partial charge < -0.3 is 14.6 Å². The fourth-order valence-electron chi connectivity index (χ4n) is 4.89. The largest absolute Gasteiger partial charge is 0.394 e. The predicted molar refractivity (Wildman–Crippen MR) is 105 cm³/mol. The molecule has 5 nitrogen and oxygen atoms in total. The van der Waals surface area contributed by atoms with E-state index < -0.39 is 5.79 Å². The summed E-state index contributed by atoms with van der Waals surface area (Å²) in [4.78, 5) is 6.62. The van der Waals surface area contributed by atoms with Crippen molar-refractivity contribution in [2.45, 2.75) is 89.4 Å². The number of nitrogens with zero attached hydrogens (tertiary/aromatic N) is 1. The minimum atomic E-state index is -0.640. The van der Waals surface area contributed by atoms with Gasteiger partial charge in [-0.1, -0.05) is 44.2 Å². The molecule has 0 aliphatic carbocycles. The van der Waals surface area contributed by atoms with Gasteiger partial charge in [0.15, 0.2) is 5.79 Å². The number of piperidine rings is 1. The summed E-state index contributed by atoms with van der Waals surface area (Å²) >= 11 is 0. The van der Waals surface area contributed by atoms with Crippen molar-refractivity contribution in [3.05, 3.63) is 35.9 Å². The third-order valence-corrected chi connectivity index (χ3v) is 6.25. The number of benzene rings is 1. The van der Waals surface area contributed by atoms with Crippen LogP contribution in [0.5, 0.6) is 0 Å². The lowest BCUT2D eigenvalue weighted by molar-refractivity contribution is -0.360. The van der Waals surface area contributed by atoms with Gasteiger partial charge in [-0.2, -0.15) is 5.06 Å². The van der Waals surface area contributed by atoms with Crippen molar-refractivity contribution in [1.29, 1.82) is 0 Å². The van der Waals surface area contributed by atoms with Crippen LogP contribution in [0.4, 0.5) is 0 Å². The average Bonchev–Trinajstić information content (AvgIpc) is 3.06. The fraction of sp³-hybridized carbons (Fsp3) is 0.727. The molecule has 0 bridgehead atoms. The van der Waals surface area contributed by atoms with Crippen LogP contribution >= 0.6 is 0 Å². The summed E-state index contributed by atoms with van der Waals surface area (Å²) in [6.45, 7) is 11.4. The third-order valence-electron chi connectivity index (χ3n) is 6.25. The summed E-state index contributed by atoms with van der Waals surface area (Å²) in [5.41, 5.74) is 0.718. The Kier molecular flexibility index (Phi) is 5.99. The normalized spacial score (nSPS) is 31.3. The number of aliphatic hydroxyl groups is 1. The Balaban J connectivity index is 1.88. The summed E-state index contributed by atoms with van der Waals surface area (Å²) in [6, 6.07) is 10.3. The summed E-state index contributed by atoms with van der Waals surface area (Å²) in [6.07, 6.45) is 3.06. The Labute approximate surface area is 163 Å². The molecule has 1 aromatic rings. The molecule has 2 fully saturated rings. The van der Waals surface area contributed by atoms with Crippen LogP contribution in [0, 0.1) is 0 Å². The molecule has 3 rings (SSSR count). The van der Waals surface area contributed by atoms with E-state index in [4.69, 9.17) is 14.3 Å². The van der Waals surface area contributed by atoms with Gasteiger partial charge in [0, 0.05) is 18.4 Å². The van der Waals surface area contributed by atoms with Gasteiger partial charge in [-0.15, -0.1) is 0 Å². The fourth-order valence-corrected chi connectivity index (χ4v) is 4.89. The van der Waals surface area contributed by atoms with E-state index in [0.29, 0.717) is 13.0 Å². The van der Waals surface area contributed by atoms with Crippen molar-refractivity contribution >= 4 is 0 Å². The number of ether oxygens (including phenoxy) is 2. The molecule has 5 heteroatoms. The molecule has 2 saturated heterocycles. The van der Waals surface area contributed by atoms with Gasteiger partial charge >= 0.3 is 0 Å². The minimum Gasteiger partial charge on any atom is -0.394 e. The van der Waals surface area contributed by atoms with Gasteiger partial charge in [0.2, 0.25) is 0 Å². The van der Waals surface area contributed by atoms with Crippen LogP contribution in [0.1, 0.15) is 72.0 Å². The van der Waals surface area contributed by atoms with Crippen LogP contribution in [0.25, 0.3) is 0 Å². The van der Waals surface area contributed by atoms with Gasteiger partial charge in [0.05, 0.1) is 18.8 Å². The molecule has 1 aromatic carbocycles. The monoisotopic (exact) mass is 377 g/mol. The first-order valence-electron chi connectivity index (χ1n) is 10.2. The number of rotatable bonds is 6. The van der Waals surface area contributed by atoms with Crippen molar-refractivity contribution < 1.29 is 19.4 Å². The third kappa shape index (κ3) is 3.94. The Morgan fingerprint density at radius 3 is 2.41 bits per heavy atom. The van der Waals surface area contributed by atoms with Crippen LogP contribution in [0.2, 0.25) is 0 Å². The van der Waals surface area contributed by atoms with E-state index in [1.165, 1.54) is 5.56 Å². The number of aliphatic hydroxyl groups excluding tert-OH is 1. The molecule has 2 heterocycles. The molecule has 2 aliphatic heterocycles. The molecule has 2 aliphatic rings. The average molecular weight is 378 g/mol. The van der Waals surface area contributed by atoms with Gasteiger partial charge in [-0.25, -0.2) is 0 Å². The Morgan fingerprint density at radius 2 is 1.85 bits per heavy atom. The lowest BCUT2D eigenvalue weighted by Gasteiger charge is -2.59. The summed E-state index contributed by atoms with van der Waals surface area (Å²) in [5, 5.41) is 11.7. The Bertz CT molecular complexity index is 616. The molecule has 1 spiro atoms. The highest BCUT2D eigenvalue weighted by Crippen LogP contribution is 2.51. The molecular formula is C22H35NO4. The first kappa shape index (κ1) is 20.7. The quantitative estimate of drug-likeness (QED) is 0.804. The van der Waals surface area contributed by atoms with E-state index in [1.807, 2.05) is 18.2 Å². The molecule has 3 unspecified atom stereocenters. The molecule has 152 valence electrons. The molecule has 27 heavy (non-hydrogen) atoms. The van der Waals surface area contributed by atoms with Crippen molar-refractivity contribution in [2.75, 3.05) is 13.2 Å². The van der Waals surface area contributed by atoms with Gasteiger partial charge in [-0.3, -0.25) is 4.84 Å². The molecular weight excluding hydrogens is 342 g/mol. The van der Waals surface area contributed by atoms with Crippen LogP contribution in [0.15, 0.2) is 30.3 Å². The molecule has 3 atom stereocenters. The van der Waals surface area contributed by atoms with Crippen molar-refractivity contribution in [1.82, 2.24) is 5.06 Å². The Hall–Kier alpha value is -0.980. The van der Waals surface area contributed by atoms with Gasteiger partial charge in [0.1, 0.15) is 12.2 Å². The second-order valence-electron chi connectivity index (χ2n) is 8.69. The highest BCUT2D eigenvalue weighted by atomic mass is 16.8. The topological polar surface area (TPSA) is 51.2 Å². The van der Waals surface area contributed by atoms with Crippen molar-refractivity contribution in [3.63, 3.8) is 0 Å². The SMILES string of the molecule is CCC1(CC)CC2(CC(C)(C)N1OC(C)c1ccccc1)OCC(CO)O2. The van der Waals surface area contributed by atoms with E-state index in [0.717, 1.165) is 19.3 Å². The Morgan fingerprint density at radius 1 is 1.19 bits per heavy atom. The highest BCUT2D eigenvalue weighted by molar-refractivity contribution is 5.17. The molecule has 0 saturated carbocycles. The first-order valence-corrected chi connectivity index (χ1v) is 10.2.